The largest absolute Gasteiger partial charge is 0.369 e. The van der Waals surface area contributed by atoms with E-state index in [2.05, 4.69) is 5.32 Å². The van der Waals surface area contributed by atoms with Crippen molar-refractivity contribution in [1.82, 2.24) is 4.90 Å². The molecule has 3 N–H and O–H groups in total. The van der Waals surface area contributed by atoms with E-state index in [1.54, 1.807) is 4.90 Å². The van der Waals surface area contributed by atoms with Crippen LogP contribution in [0.25, 0.3) is 0 Å². The number of amides is 3. The Balaban J connectivity index is 2.15. The average Bonchev–Trinajstić information content (AvgIpc) is 2.38. The Kier molecular flexibility index (Phi) is 4.37. The third kappa shape index (κ3) is 3.73. The van der Waals surface area contributed by atoms with Gasteiger partial charge in [-0.1, -0.05) is 0 Å². The predicted molar refractivity (Wildman–Crippen MR) is 80.1 cm³/mol. The van der Waals surface area contributed by atoms with E-state index in [0.29, 0.717) is 13.1 Å². The van der Waals surface area contributed by atoms with Crippen molar-refractivity contribution in [3.8, 4) is 0 Å². The first kappa shape index (κ1) is 16.2. The first-order valence-corrected chi connectivity index (χ1v) is 7.01. The van der Waals surface area contributed by atoms with Crippen LogP contribution in [-0.4, -0.2) is 41.6 Å². The number of anilines is 1. The summed E-state index contributed by atoms with van der Waals surface area (Å²) in [6.45, 7) is 6.44. The summed E-state index contributed by atoms with van der Waals surface area (Å²) >= 11 is 0. The highest BCUT2D eigenvalue weighted by molar-refractivity contribution is 5.96. The molecule has 1 heterocycles. The molecule has 120 valence electrons. The Bertz CT molecular complexity index is 604. The molecule has 0 spiro atoms. The predicted octanol–water partition coefficient (Wildman–Crippen LogP) is 1.96. The van der Waals surface area contributed by atoms with Crippen LogP contribution in [0.4, 0.5) is 14.9 Å². The molecule has 1 saturated heterocycles. The first-order valence-electron chi connectivity index (χ1n) is 7.01. The lowest BCUT2D eigenvalue weighted by Crippen LogP contribution is -2.54. The van der Waals surface area contributed by atoms with Gasteiger partial charge in [0.1, 0.15) is 5.82 Å². The number of morpholine rings is 1. The van der Waals surface area contributed by atoms with E-state index in [0.717, 1.165) is 6.07 Å². The van der Waals surface area contributed by atoms with E-state index in [-0.39, 0.29) is 17.4 Å². The van der Waals surface area contributed by atoms with Crippen molar-refractivity contribution in [2.24, 2.45) is 5.73 Å². The summed E-state index contributed by atoms with van der Waals surface area (Å²) in [4.78, 5) is 25.0. The summed E-state index contributed by atoms with van der Waals surface area (Å²) in [6.07, 6.45) is -0.115. The molecule has 0 aliphatic carbocycles. The minimum Gasteiger partial charge on any atom is -0.369 e. The zero-order valence-corrected chi connectivity index (χ0v) is 12.9. The van der Waals surface area contributed by atoms with Gasteiger partial charge >= 0.3 is 6.03 Å². The van der Waals surface area contributed by atoms with Crippen molar-refractivity contribution in [2.75, 3.05) is 18.4 Å². The van der Waals surface area contributed by atoms with E-state index in [1.165, 1.54) is 12.1 Å². The van der Waals surface area contributed by atoms with Crippen LogP contribution in [0.5, 0.6) is 0 Å². The van der Waals surface area contributed by atoms with E-state index in [4.69, 9.17) is 10.5 Å². The quantitative estimate of drug-likeness (QED) is 0.875. The number of halogens is 1. The van der Waals surface area contributed by atoms with E-state index in [9.17, 15) is 14.0 Å². The second-order valence-electron chi connectivity index (χ2n) is 6.06. The van der Waals surface area contributed by atoms with Gasteiger partial charge in [-0.25, -0.2) is 9.18 Å². The highest BCUT2D eigenvalue weighted by Gasteiger charge is 2.33. The zero-order chi connectivity index (χ0) is 16.5. The highest BCUT2D eigenvalue weighted by atomic mass is 19.1. The lowest BCUT2D eigenvalue weighted by atomic mass is 10.1. The van der Waals surface area contributed by atoms with Gasteiger partial charge in [0.15, 0.2) is 0 Å². The molecule has 6 nitrogen and oxygen atoms in total. The number of rotatable bonds is 2. The van der Waals surface area contributed by atoms with Gasteiger partial charge in [-0.2, -0.15) is 0 Å². The molecule has 1 atom stereocenters. The number of hydrogen-bond acceptors (Lipinski definition) is 3. The summed E-state index contributed by atoms with van der Waals surface area (Å²) in [6, 6.07) is 3.16. The van der Waals surface area contributed by atoms with Crippen molar-refractivity contribution < 1.29 is 18.7 Å². The van der Waals surface area contributed by atoms with Gasteiger partial charge in [0.25, 0.3) is 0 Å². The number of nitrogens with zero attached hydrogens (tertiary/aromatic N) is 1. The maximum atomic E-state index is 13.8. The standard InChI is InChI=1S/C15H20FN3O3/c1-9-7-19(8-15(2,3)22-9)14(21)18-12-6-10(13(17)20)4-5-11(12)16/h4-6,9H,7-8H2,1-3H3,(H2,17,20)(H,18,21). The number of nitrogens with one attached hydrogen (secondary N) is 1. The Morgan fingerprint density at radius 2 is 2.14 bits per heavy atom. The van der Waals surface area contributed by atoms with Gasteiger partial charge in [-0.3, -0.25) is 4.79 Å². The van der Waals surface area contributed by atoms with Gasteiger partial charge < -0.3 is 20.7 Å². The van der Waals surface area contributed by atoms with E-state index >= 15 is 0 Å². The highest BCUT2D eigenvalue weighted by Crippen LogP contribution is 2.22. The number of benzene rings is 1. The van der Waals surface area contributed by atoms with E-state index in [1.807, 2.05) is 20.8 Å². The Morgan fingerprint density at radius 1 is 1.45 bits per heavy atom. The van der Waals surface area contributed by atoms with Gasteiger partial charge in [0, 0.05) is 12.1 Å². The summed E-state index contributed by atoms with van der Waals surface area (Å²) < 4.78 is 19.5. The fourth-order valence-corrected chi connectivity index (χ4v) is 2.58. The second kappa shape index (κ2) is 5.92. The fourth-order valence-electron chi connectivity index (χ4n) is 2.58. The third-order valence-electron chi connectivity index (χ3n) is 3.35. The lowest BCUT2D eigenvalue weighted by Gasteiger charge is -2.41. The molecular formula is C15H20FN3O3. The topological polar surface area (TPSA) is 84.7 Å². The van der Waals surface area contributed by atoms with Gasteiger partial charge in [-0.15, -0.1) is 0 Å². The normalized spacial score (nSPS) is 20.5. The van der Waals surface area contributed by atoms with Crippen LogP contribution in [0.15, 0.2) is 18.2 Å². The average molecular weight is 309 g/mol. The maximum absolute atomic E-state index is 13.8. The van der Waals surface area contributed by atoms with Crippen LogP contribution in [0, 0.1) is 5.82 Å². The number of urea groups is 1. The lowest BCUT2D eigenvalue weighted by molar-refractivity contribution is -0.116. The van der Waals surface area contributed by atoms with Crippen LogP contribution in [0.3, 0.4) is 0 Å². The van der Waals surface area contributed by atoms with Crippen LogP contribution in [-0.2, 0) is 4.74 Å². The Morgan fingerprint density at radius 3 is 2.73 bits per heavy atom. The monoisotopic (exact) mass is 309 g/mol. The molecule has 0 bridgehead atoms. The molecule has 1 unspecified atom stereocenters. The molecule has 22 heavy (non-hydrogen) atoms. The molecule has 1 aliphatic heterocycles. The van der Waals surface area contributed by atoms with Crippen LogP contribution in [0.2, 0.25) is 0 Å². The summed E-state index contributed by atoms with van der Waals surface area (Å²) in [5, 5.41) is 2.48. The molecule has 3 amide bonds. The number of nitrogens with two attached hydrogens (primary N) is 1. The maximum Gasteiger partial charge on any atom is 0.322 e. The number of carbonyl (C=O) groups excluding carboxylic acids is 2. The van der Waals surface area contributed by atoms with Crippen LogP contribution < -0.4 is 11.1 Å². The number of primary amides is 1. The van der Waals surface area contributed by atoms with Crippen molar-refractivity contribution in [1.29, 1.82) is 0 Å². The van der Waals surface area contributed by atoms with Gasteiger partial charge in [0.2, 0.25) is 5.91 Å². The Hall–Kier alpha value is -2.15. The van der Waals surface area contributed by atoms with Crippen LogP contribution >= 0.6 is 0 Å². The van der Waals surface area contributed by atoms with Crippen LogP contribution in [0.1, 0.15) is 31.1 Å². The molecule has 1 aliphatic rings. The number of ether oxygens (including phenoxy) is 1. The summed E-state index contributed by atoms with van der Waals surface area (Å²) in [5.74, 6) is -1.31. The molecule has 1 aromatic carbocycles. The molecule has 1 fully saturated rings. The minimum atomic E-state index is -0.684. The van der Waals surface area contributed by atoms with Gasteiger partial charge in [-0.05, 0) is 39.0 Å². The molecule has 0 aromatic heterocycles. The van der Waals surface area contributed by atoms with Crippen molar-refractivity contribution >= 4 is 17.6 Å². The third-order valence-corrected chi connectivity index (χ3v) is 3.35. The SMILES string of the molecule is CC1CN(C(=O)Nc2cc(C(N)=O)ccc2F)CC(C)(C)O1. The molecule has 2 rings (SSSR count). The number of hydrogen-bond donors (Lipinski definition) is 2. The summed E-state index contributed by atoms with van der Waals surface area (Å²) in [7, 11) is 0. The van der Waals surface area contributed by atoms with Gasteiger partial charge in [0.05, 0.1) is 23.9 Å². The Labute approximate surface area is 128 Å². The molecule has 7 heteroatoms. The van der Waals surface area contributed by atoms with E-state index < -0.39 is 23.4 Å². The second-order valence-corrected chi connectivity index (χ2v) is 6.06. The smallest absolute Gasteiger partial charge is 0.322 e. The minimum absolute atomic E-state index is 0.0711. The number of carbonyl (C=O) groups is 2. The molecule has 0 saturated carbocycles. The van der Waals surface area contributed by atoms with Crippen molar-refractivity contribution in [3.63, 3.8) is 0 Å². The summed E-state index contributed by atoms with van der Waals surface area (Å²) in [5.41, 5.74) is 4.75. The molecule has 1 aromatic rings. The fraction of sp³-hybridized carbons (Fsp3) is 0.467. The first-order chi connectivity index (χ1) is 10.2. The zero-order valence-electron chi connectivity index (χ0n) is 12.9. The molecular weight excluding hydrogens is 289 g/mol. The molecule has 0 radical (unpaired) electrons. The van der Waals surface area contributed by atoms with Crippen molar-refractivity contribution in [3.05, 3.63) is 29.6 Å². The van der Waals surface area contributed by atoms with Crippen molar-refractivity contribution in [2.45, 2.75) is 32.5 Å².